The van der Waals surface area contributed by atoms with Crippen molar-refractivity contribution in [2.75, 3.05) is 11.9 Å². The van der Waals surface area contributed by atoms with Gasteiger partial charge in [0.05, 0.1) is 5.57 Å². The average molecular weight is 366 g/mol. The molecular formula is C20H18N2O5. The van der Waals surface area contributed by atoms with E-state index in [-0.39, 0.29) is 6.61 Å². The van der Waals surface area contributed by atoms with Crippen LogP contribution >= 0.6 is 0 Å². The summed E-state index contributed by atoms with van der Waals surface area (Å²) in [6, 6.07) is 13.4. The molecule has 2 aromatic rings. The van der Waals surface area contributed by atoms with E-state index in [9.17, 15) is 14.4 Å². The van der Waals surface area contributed by atoms with Crippen molar-refractivity contribution in [3.8, 4) is 5.75 Å². The topological polar surface area (TPSA) is 108 Å². The Morgan fingerprint density at radius 3 is 2.52 bits per heavy atom. The molecule has 27 heavy (non-hydrogen) atoms. The Bertz CT molecular complexity index is 918. The summed E-state index contributed by atoms with van der Waals surface area (Å²) in [5, 5.41) is 2.61. The number of esters is 1. The van der Waals surface area contributed by atoms with Gasteiger partial charge >= 0.3 is 5.97 Å². The van der Waals surface area contributed by atoms with Crippen LogP contribution in [0.25, 0.3) is 6.08 Å². The molecule has 1 aliphatic rings. The number of fused-ring (bicyclic) bond motifs is 1. The molecule has 0 saturated carbocycles. The zero-order chi connectivity index (χ0) is 19.4. The number of carbonyl (C=O) groups excluding carboxylic acids is 3. The zero-order valence-electron chi connectivity index (χ0n) is 14.6. The minimum atomic E-state index is -1.01. The van der Waals surface area contributed by atoms with Crippen LogP contribution in [0.15, 0.2) is 54.1 Å². The van der Waals surface area contributed by atoms with Crippen LogP contribution in [0.2, 0.25) is 0 Å². The number of ether oxygens (including phenoxy) is 2. The monoisotopic (exact) mass is 366 g/mol. The number of hydrogen-bond acceptors (Lipinski definition) is 5. The van der Waals surface area contributed by atoms with Gasteiger partial charge in [-0.3, -0.25) is 9.59 Å². The molecule has 2 amide bonds. The summed E-state index contributed by atoms with van der Waals surface area (Å²) in [5.74, 6) is -0.969. The predicted octanol–water partition coefficient (Wildman–Crippen LogP) is 2.13. The predicted molar refractivity (Wildman–Crippen MR) is 99.1 cm³/mol. The maximum atomic E-state index is 12.3. The summed E-state index contributed by atoms with van der Waals surface area (Å²) in [5.41, 5.74) is 7.07. The lowest BCUT2D eigenvalue weighted by atomic mass is 10.1. The van der Waals surface area contributed by atoms with Crippen molar-refractivity contribution < 1.29 is 23.9 Å². The first-order valence-electron chi connectivity index (χ1n) is 8.28. The van der Waals surface area contributed by atoms with Crippen LogP contribution in [0, 0.1) is 0 Å². The van der Waals surface area contributed by atoms with Gasteiger partial charge in [0.1, 0.15) is 12.4 Å². The van der Waals surface area contributed by atoms with E-state index in [4.69, 9.17) is 15.2 Å². The molecule has 0 saturated heterocycles. The Labute approximate surface area is 155 Å². The Hall–Kier alpha value is -3.61. The molecule has 7 nitrogen and oxygen atoms in total. The second kappa shape index (κ2) is 7.74. The fraction of sp³-hybridized carbons (Fsp3) is 0.150. The third kappa shape index (κ3) is 4.33. The van der Waals surface area contributed by atoms with Crippen LogP contribution in [-0.4, -0.2) is 30.5 Å². The molecule has 3 rings (SSSR count). The van der Waals surface area contributed by atoms with Gasteiger partial charge in [0.2, 0.25) is 5.91 Å². The Morgan fingerprint density at radius 1 is 1.11 bits per heavy atom. The zero-order valence-corrected chi connectivity index (χ0v) is 14.6. The second-order valence-corrected chi connectivity index (χ2v) is 5.97. The maximum absolute atomic E-state index is 12.3. The number of amides is 2. The number of benzene rings is 2. The smallest absolute Gasteiger partial charge is 0.338 e. The van der Waals surface area contributed by atoms with Gasteiger partial charge in [0, 0.05) is 16.8 Å². The highest BCUT2D eigenvalue weighted by atomic mass is 16.6. The molecule has 0 aliphatic carbocycles. The van der Waals surface area contributed by atoms with E-state index in [1.807, 2.05) is 24.3 Å². The number of para-hydroxylation sites is 1. The SMILES string of the molecule is C[C@@H](OC(=O)C1=Cc2ccccc2OC1)C(=O)Nc1ccc(C(N)=O)cc1. The summed E-state index contributed by atoms with van der Waals surface area (Å²) in [6.45, 7) is 1.56. The number of hydrogen-bond donors (Lipinski definition) is 2. The van der Waals surface area contributed by atoms with Gasteiger partial charge in [-0.05, 0) is 43.3 Å². The number of nitrogens with one attached hydrogen (secondary N) is 1. The number of anilines is 1. The molecule has 1 aliphatic heterocycles. The van der Waals surface area contributed by atoms with E-state index in [0.717, 1.165) is 5.56 Å². The van der Waals surface area contributed by atoms with E-state index in [2.05, 4.69) is 5.32 Å². The number of primary amides is 1. The average Bonchev–Trinajstić information content (AvgIpc) is 2.67. The molecule has 2 aromatic carbocycles. The lowest BCUT2D eigenvalue weighted by molar-refractivity contribution is -0.149. The molecule has 1 heterocycles. The fourth-order valence-electron chi connectivity index (χ4n) is 2.49. The summed E-state index contributed by atoms with van der Waals surface area (Å²) in [4.78, 5) is 35.6. The van der Waals surface area contributed by atoms with Gasteiger partial charge in [-0.1, -0.05) is 18.2 Å². The second-order valence-electron chi connectivity index (χ2n) is 5.97. The molecule has 7 heteroatoms. The van der Waals surface area contributed by atoms with Gasteiger partial charge in [-0.25, -0.2) is 4.79 Å². The molecular weight excluding hydrogens is 348 g/mol. The van der Waals surface area contributed by atoms with Gasteiger partial charge < -0.3 is 20.5 Å². The minimum absolute atomic E-state index is 0.0821. The van der Waals surface area contributed by atoms with Crippen LogP contribution in [-0.2, 0) is 14.3 Å². The van der Waals surface area contributed by atoms with Crippen LogP contribution in [0.4, 0.5) is 5.69 Å². The molecule has 0 bridgehead atoms. The lowest BCUT2D eigenvalue weighted by Crippen LogP contribution is -2.31. The van der Waals surface area contributed by atoms with Crippen LogP contribution in [0.5, 0.6) is 5.75 Å². The standard InChI is InChI=1S/C20H18N2O5/c1-12(19(24)22-16-8-6-13(7-9-16)18(21)23)27-20(25)15-10-14-4-2-3-5-17(14)26-11-15/h2-10,12H,11H2,1H3,(H2,21,23)(H,22,24)/t12-/m1/s1. The number of rotatable bonds is 5. The Balaban J connectivity index is 1.60. The fourth-order valence-corrected chi connectivity index (χ4v) is 2.49. The summed E-state index contributed by atoms with van der Waals surface area (Å²) in [7, 11) is 0. The van der Waals surface area contributed by atoms with Gasteiger partial charge in [-0.15, -0.1) is 0 Å². The maximum Gasteiger partial charge on any atom is 0.338 e. The summed E-state index contributed by atoms with van der Waals surface area (Å²) in [6.07, 6.45) is 0.681. The normalized spacial score (nSPS) is 13.4. The molecule has 1 atom stereocenters. The summed E-state index contributed by atoms with van der Waals surface area (Å²) >= 11 is 0. The lowest BCUT2D eigenvalue weighted by Gasteiger charge is -2.19. The third-order valence-corrected chi connectivity index (χ3v) is 3.98. The van der Waals surface area contributed by atoms with Crippen molar-refractivity contribution in [1.82, 2.24) is 0 Å². The molecule has 0 aromatic heterocycles. The van der Waals surface area contributed by atoms with Crippen molar-refractivity contribution in [3.63, 3.8) is 0 Å². The first kappa shape index (κ1) is 18.2. The highest BCUT2D eigenvalue weighted by molar-refractivity contribution is 6.00. The van der Waals surface area contributed by atoms with Gasteiger partial charge in [0.15, 0.2) is 6.10 Å². The van der Waals surface area contributed by atoms with Crippen molar-refractivity contribution in [3.05, 3.63) is 65.2 Å². The summed E-state index contributed by atoms with van der Waals surface area (Å²) < 4.78 is 10.7. The van der Waals surface area contributed by atoms with E-state index in [0.29, 0.717) is 22.6 Å². The first-order chi connectivity index (χ1) is 12.9. The minimum Gasteiger partial charge on any atom is -0.488 e. The van der Waals surface area contributed by atoms with E-state index in [1.165, 1.54) is 19.1 Å². The molecule has 0 fully saturated rings. The first-order valence-corrected chi connectivity index (χ1v) is 8.28. The molecule has 0 unspecified atom stereocenters. The highest BCUT2D eigenvalue weighted by Crippen LogP contribution is 2.26. The third-order valence-electron chi connectivity index (χ3n) is 3.98. The van der Waals surface area contributed by atoms with Crippen LogP contribution in [0.3, 0.4) is 0 Å². The molecule has 3 N–H and O–H groups in total. The van der Waals surface area contributed by atoms with E-state index < -0.39 is 23.9 Å². The largest absolute Gasteiger partial charge is 0.488 e. The van der Waals surface area contributed by atoms with Crippen molar-refractivity contribution in [2.45, 2.75) is 13.0 Å². The van der Waals surface area contributed by atoms with Gasteiger partial charge in [0.25, 0.3) is 5.91 Å². The number of nitrogens with two attached hydrogens (primary N) is 1. The Kier molecular flexibility index (Phi) is 5.21. The van der Waals surface area contributed by atoms with Crippen molar-refractivity contribution in [2.24, 2.45) is 5.73 Å². The highest BCUT2D eigenvalue weighted by Gasteiger charge is 2.23. The van der Waals surface area contributed by atoms with Crippen molar-refractivity contribution in [1.29, 1.82) is 0 Å². The van der Waals surface area contributed by atoms with Gasteiger partial charge in [-0.2, -0.15) is 0 Å². The van der Waals surface area contributed by atoms with Crippen LogP contribution in [0.1, 0.15) is 22.8 Å². The molecule has 0 radical (unpaired) electrons. The molecule has 0 spiro atoms. The van der Waals surface area contributed by atoms with E-state index in [1.54, 1.807) is 18.2 Å². The van der Waals surface area contributed by atoms with E-state index >= 15 is 0 Å². The quantitative estimate of drug-likeness (QED) is 0.788. The Morgan fingerprint density at radius 2 is 1.81 bits per heavy atom. The van der Waals surface area contributed by atoms with Crippen LogP contribution < -0.4 is 15.8 Å². The molecule has 138 valence electrons. The number of carbonyl (C=O) groups is 3. The van der Waals surface area contributed by atoms with Crippen molar-refractivity contribution >= 4 is 29.5 Å².